The number of rotatable bonds is 7. The maximum atomic E-state index is 12.2. The van der Waals surface area contributed by atoms with Crippen molar-refractivity contribution >= 4 is 5.91 Å². The fourth-order valence-electron chi connectivity index (χ4n) is 2.64. The summed E-state index contributed by atoms with van der Waals surface area (Å²) in [4.78, 5) is 14.3. The van der Waals surface area contributed by atoms with Gasteiger partial charge in [-0.25, -0.2) is 0 Å². The van der Waals surface area contributed by atoms with E-state index in [-0.39, 0.29) is 17.4 Å². The molecular weight excluding hydrogens is 242 g/mol. The molecule has 2 unspecified atom stereocenters. The third kappa shape index (κ3) is 5.47. The maximum Gasteiger partial charge on any atom is 0.225 e. The molecule has 0 aromatic carbocycles. The van der Waals surface area contributed by atoms with Gasteiger partial charge in [0.25, 0.3) is 0 Å². The molecule has 1 amide bonds. The van der Waals surface area contributed by atoms with Crippen LogP contribution in [-0.2, 0) is 9.53 Å². The van der Waals surface area contributed by atoms with Gasteiger partial charge in [0.1, 0.15) is 0 Å². The molecule has 0 aromatic rings. The fraction of sp³-hybridized carbons (Fsp3) is 0.929. The SMILES string of the molecule is COCCN(C)CCNC(=O)C1CCCCC1(C)N. The number of nitrogens with one attached hydrogen (secondary N) is 1. The Kier molecular flexibility index (Phi) is 6.75. The third-order valence-electron chi connectivity index (χ3n) is 4.04. The molecule has 5 nitrogen and oxygen atoms in total. The molecule has 0 saturated heterocycles. The predicted molar refractivity (Wildman–Crippen MR) is 76.9 cm³/mol. The van der Waals surface area contributed by atoms with Crippen molar-refractivity contribution in [2.75, 3.05) is 40.4 Å². The van der Waals surface area contributed by atoms with Crippen molar-refractivity contribution < 1.29 is 9.53 Å². The molecule has 5 heteroatoms. The second kappa shape index (κ2) is 7.82. The number of carbonyl (C=O) groups is 1. The van der Waals surface area contributed by atoms with Gasteiger partial charge in [0.05, 0.1) is 12.5 Å². The van der Waals surface area contributed by atoms with Crippen molar-refractivity contribution in [2.24, 2.45) is 11.7 Å². The van der Waals surface area contributed by atoms with Crippen molar-refractivity contribution in [1.82, 2.24) is 10.2 Å². The molecule has 112 valence electrons. The van der Waals surface area contributed by atoms with Gasteiger partial charge in [0.2, 0.25) is 5.91 Å². The molecule has 0 radical (unpaired) electrons. The Bertz CT molecular complexity index is 282. The van der Waals surface area contributed by atoms with Crippen molar-refractivity contribution in [3.63, 3.8) is 0 Å². The molecule has 1 aliphatic rings. The Morgan fingerprint density at radius 2 is 2.21 bits per heavy atom. The fourth-order valence-corrected chi connectivity index (χ4v) is 2.64. The number of nitrogens with zero attached hydrogens (tertiary/aromatic N) is 1. The number of carbonyl (C=O) groups excluding carboxylic acids is 1. The lowest BCUT2D eigenvalue weighted by molar-refractivity contribution is -0.128. The summed E-state index contributed by atoms with van der Waals surface area (Å²) < 4.78 is 5.02. The Hall–Kier alpha value is -0.650. The summed E-state index contributed by atoms with van der Waals surface area (Å²) in [6.45, 7) is 5.11. The summed E-state index contributed by atoms with van der Waals surface area (Å²) >= 11 is 0. The lowest BCUT2D eigenvalue weighted by atomic mass is 9.74. The Morgan fingerprint density at radius 1 is 1.47 bits per heavy atom. The van der Waals surface area contributed by atoms with Crippen molar-refractivity contribution in [3.8, 4) is 0 Å². The van der Waals surface area contributed by atoms with Gasteiger partial charge in [0.15, 0.2) is 0 Å². The number of ether oxygens (including phenoxy) is 1. The number of methoxy groups -OCH3 is 1. The highest BCUT2D eigenvalue weighted by Crippen LogP contribution is 2.31. The van der Waals surface area contributed by atoms with Gasteiger partial charge in [-0.2, -0.15) is 0 Å². The predicted octanol–water partition coefficient (Wildman–Crippen LogP) is 0.588. The summed E-state index contributed by atoms with van der Waals surface area (Å²) in [7, 11) is 3.72. The van der Waals surface area contributed by atoms with E-state index in [0.29, 0.717) is 13.2 Å². The monoisotopic (exact) mass is 271 g/mol. The Labute approximate surface area is 116 Å². The highest BCUT2D eigenvalue weighted by molar-refractivity contribution is 5.80. The molecule has 0 aliphatic heterocycles. The molecule has 1 fully saturated rings. The van der Waals surface area contributed by atoms with Crippen LogP contribution in [-0.4, -0.2) is 56.7 Å². The van der Waals surface area contributed by atoms with E-state index in [1.54, 1.807) is 7.11 Å². The van der Waals surface area contributed by atoms with Gasteiger partial charge >= 0.3 is 0 Å². The summed E-state index contributed by atoms with van der Waals surface area (Å²) in [5.41, 5.74) is 5.89. The van der Waals surface area contributed by atoms with Crippen molar-refractivity contribution in [3.05, 3.63) is 0 Å². The van der Waals surface area contributed by atoms with E-state index in [1.165, 1.54) is 0 Å². The first-order chi connectivity index (χ1) is 8.97. The number of amides is 1. The molecule has 19 heavy (non-hydrogen) atoms. The van der Waals surface area contributed by atoms with E-state index < -0.39 is 0 Å². The average Bonchev–Trinajstić information content (AvgIpc) is 2.35. The van der Waals surface area contributed by atoms with E-state index in [9.17, 15) is 4.79 Å². The van der Waals surface area contributed by atoms with Crippen LogP contribution in [0.2, 0.25) is 0 Å². The molecule has 2 atom stereocenters. The second-order valence-electron chi connectivity index (χ2n) is 5.89. The summed E-state index contributed by atoms with van der Waals surface area (Å²) in [6, 6.07) is 0. The zero-order chi connectivity index (χ0) is 14.3. The zero-order valence-corrected chi connectivity index (χ0v) is 12.6. The molecule has 0 heterocycles. The van der Waals surface area contributed by atoms with Gasteiger partial charge < -0.3 is 20.7 Å². The van der Waals surface area contributed by atoms with Crippen LogP contribution in [0.25, 0.3) is 0 Å². The second-order valence-corrected chi connectivity index (χ2v) is 5.89. The van der Waals surface area contributed by atoms with E-state index in [2.05, 4.69) is 10.2 Å². The molecule has 1 aliphatic carbocycles. The average molecular weight is 271 g/mol. The van der Waals surface area contributed by atoms with Gasteiger partial charge in [-0.3, -0.25) is 4.79 Å². The standard InChI is InChI=1S/C14H29N3O2/c1-14(15)7-5-4-6-12(14)13(18)16-8-9-17(2)10-11-19-3/h12H,4-11,15H2,1-3H3,(H,16,18). The summed E-state index contributed by atoms with van der Waals surface area (Å²) in [5, 5.41) is 3.01. The summed E-state index contributed by atoms with van der Waals surface area (Å²) in [6.07, 6.45) is 4.10. The van der Waals surface area contributed by atoms with Crippen LogP contribution in [0.4, 0.5) is 0 Å². The topological polar surface area (TPSA) is 67.6 Å². The molecule has 0 aromatic heterocycles. The van der Waals surface area contributed by atoms with Crippen LogP contribution >= 0.6 is 0 Å². The first-order valence-electron chi connectivity index (χ1n) is 7.21. The van der Waals surface area contributed by atoms with Crippen LogP contribution < -0.4 is 11.1 Å². The number of hydrogen-bond acceptors (Lipinski definition) is 4. The Morgan fingerprint density at radius 3 is 2.84 bits per heavy atom. The molecule has 0 spiro atoms. The number of likely N-dealkylation sites (N-methyl/N-ethyl adjacent to an activating group) is 1. The van der Waals surface area contributed by atoms with E-state index in [0.717, 1.165) is 38.8 Å². The highest BCUT2D eigenvalue weighted by Gasteiger charge is 2.37. The first kappa shape index (κ1) is 16.4. The minimum atomic E-state index is -0.343. The van der Waals surface area contributed by atoms with Crippen LogP contribution in [0.15, 0.2) is 0 Å². The van der Waals surface area contributed by atoms with E-state index >= 15 is 0 Å². The molecule has 3 N–H and O–H groups in total. The minimum Gasteiger partial charge on any atom is -0.383 e. The number of hydrogen-bond donors (Lipinski definition) is 2. The number of nitrogens with two attached hydrogens (primary N) is 1. The highest BCUT2D eigenvalue weighted by atomic mass is 16.5. The van der Waals surface area contributed by atoms with Crippen LogP contribution in [0.5, 0.6) is 0 Å². The largest absolute Gasteiger partial charge is 0.383 e. The summed E-state index contributed by atoms with van der Waals surface area (Å²) in [5.74, 6) is 0.0790. The molecule has 0 bridgehead atoms. The normalized spacial score (nSPS) is 27.5. The smallest absolute Gasteiger partial charge is 0.225 e. The van der Waals surface area contributed by atoms with Gasteiger partial charge in [0, 0.05) is 32.3 Å². The van der Waals surface area contributed by atoms with Gasteiger partial charge in [-0.05, 0) is 26.8 Å². The van der Waals surface area contributed by atoms with Crippen LogP contribution in [0, 0.1) is 5.92 Å². The third-order valence-corrected chi connectivity index (χ3v) is 4.04. The van der Waals surface area contributed by atoms with Crippen molar-refractivity contribution in [2.45, 2.75) is 38.1 Å². The van der Waals surface area contributed by atoms with Gasteiger partial charge in [-0.1, -0.05) is 12.8 Å². The Balaban J connectivity index is 2.27. The van der Waals surface area contributed by atoms with E-state index in [1.807, 2.05) is 14.0 Å². The lowest BCUT2D eigenvalue weighted by Crippen LogP contribution is -2.53. The van der Waals surface area contributed by atoms with Crippen molar-refractivity contribution in [1.29, 1.82) is 0 Å². The maximum absolute atomic E-state index is 12.2. The molecular formula is C14H29N3O2. The van der Waals surface area contributed by atoms with Gasteiger partial charge in [-0.15, -0.1) is 0 Å². The molecule has 1 saturated carbocycles. The lowest BCUT2D eigenvalue weighted by Gasteiger charge is -2.37. The zero-order valence-electron chi connectivity index (χ0n) is 12.6. The van der Waals surface area contributed by atoms with Crippen LogP contribution in [0.1, 0.15) is 32.6 Å². The first-order valence-corrected chi connectivity index (χ1v) is 7.21. The van der Waals surface area contributed by atoms with E-state index in [4.69, 9.17) is 10.5 Å². The minimum absolute atomic E-state index is 0.0365. The quantitative estimate of drug-likeness (QED) is 0.711. The van der Waals surface area contributed by atoms with Crippen LogP contribution in [0.3, 0.4) is 0 Å². The molecule has 1 rings (SSSR count).